The number of rotatable bonds is 3. The van der Waals surface area contributed by atoms with Crippen molar-refractivity contribution in [3.63, 3.8) is 0 Å². The monoisotopic (exact) mass is 409 g/mol. The summed E-state index contributed by atoms with van der Waals surface area (Å²) in [5.74, 6) is 0.374. The Bertz CT molecular complexity index is 1220. The normalized spacial score (nSPS) is 10.9. The van der Waals surface area contributed by atoms with Gasteiger partial charge in [0.15, 0.2) is 10.7 Å². The van der Waals surface area contributed by atoms with E-state index in [0.29, 0.717) is 28.4 Å². The molecule has 7 heteroatoms. The Kier molecular flexibility index (Phi) is 4.98. The number of amides is 1. The van der Waals surface area contributed by atoms with E-state index in [1.54, 1.807) is 6.92 Å². The molecular weight excluding hydrogens is 394 g/mol. The lowest BCUT2D eigenvalue weighted by Gasteiger charge is -2.08. The van der Waals surface area contributed by atoms with E-state index in [1.165, 1.54) is 0 Å². The highest BCUT2D eigenvalue weighted by atomic mass is 35.5. The summed E-state index contributed by atoms with van der Waals surface area (Å²) in [6.07, 6.45) is 0.364. The highest BCUT2D eigenvalue weighted by Gasteiger charge is 2.13. The molecule has 0 atom stereocenters. The second-order valence-corrected chi connectivity index (χ2v) is 7.01. The predicted octanol–water partition coefficient (Wildman–Crippen LogP) is 5.52. The summed E-state index contributed by atoms with van der Waals surface area (Å²) in [5.41, 5.74) is 2.93. The largest absolute Gasteiger partial charge is 0.436 e. The summed E-state index contributed by atoms with van der Waals surface area (Å²) >= 11 is 11.5. The van der Waals surface area contributed by atoms with E-state index < -0.39 is 0 Å². The molecule has 4 rings (SSSR count). The molecule has 2 N–H and O–H groups in total. The van der Waals surface area contributed by atoms with Gasteiger partial charge in [-0.3, -0.25) is 4.79 Å². The van der Waals surface area contributed by atoms with Gasteiger partial charge in [-0.25, -0.2) is 4.98 Å². The molecule has 0 aliphatic rings. The maximum Gasteiger partial charge on any atom is 0.227 e. The fourth-order valence-electron chi connectivity index (χ4n) is 2.96. The molecule has 3 aromatic carbocycles. The summed E-state index contributed by atoms with van der Waals surface area (Å²) < 4.78 is 5.96. The van der Waals surface area contributed by atoms with Crippen LogP contribution in [0.15, 0.2) is 59.0 Å². The molecule has 28 heavy (non-hydrogen) atoms. The van der Waals surface area contributed by atoms with Crippen LogP contribution in [-0.2, 0) is 4.79 Å². The number of aromatic nitrogens is 1. The first kappa shape index (κ1) is 18.4. The highest BCUT2D eigenvalue weighted by Crippen LogP contribution is 2.33. The molecule has 0 aliphatic heterocycles. The highest BCUT2D eigenvalue weighted by molar-refractivity contribution is 7.80. The number of anilines is 1. The smallest absolute Gasteiger partial charge is 0.227 e. The second-order valence-electron chi connectivity index (χ2n) is 6.20. The Labute approximate surface area is 171 Å². The molecule has 0 fully saturated rings. The number of halogens is 1. The van der Waals surface area contributed by atoms with Crippen molar-refractivity contribution >= 4 is 62.4 Å². The first-order valence-corrected chi connectivity index (χ1v) is 9.53. The van der Waals surface area contributed by atoms with Gasteiger partial charge in [-0.2, -0.15) is 0 Å². The van der Waals surface area contributed by atoms with Gasteiger partial charge in [0, 0.05) is 28.1 Å². The molecule has 0 saturated carbocycles. The molecule has 0 radical (unpaired) electrons. The number of thiocarbonyl (C=S) groups is 1. The summed E-state index contributed by atoms with van der Waals surface area (Å²) in [7, 11) is 0. The summed E-state index contributed by atoms with van der Waals surface area (Å²) in [5, 5.41) is 8.45. The van der Waals surface area contributed by atoms with Crippen LogP contribution in [0.3, 0.4) is 0 Å². The van der Waals surface area contributed by atoms with Crippen molar-refractivity contribution in [3.05, 3.63) is 59.6 Å². The number of nitrogens with one attached hydrogen (secondary N) is 2. The van der Waals surface area contributed by atoms with Crippen LogP contribution in [-0.4, -0.2) is 16.0 Å². The minimum atomic E-state index is -0.142. The maximum absolute atomic E-state index is 11.4. The Hall–Kier alpha value is -2.96. The Morgan fingerprint density at radius 2 is 1.93 bits per heavy atom. The quantitative estimate of drug-likeness (QED) is 0.436. The van der Waals surface area contributed by atoms with Crippen LogP contribution in [0.1, 0.15) is 13.3 Å². The van der Waals surface area contributed by atoms with E-state index in [9.17, 15) is 4.79 Å². The van der Waals surface area contributed by atoms with E-state index >= 15 is 0 Å². The zero-order valence-corrected chi connectivity index (χ0v) is 16.5. The SMILES string of the molecule is CCC(=O)NC(=S)Nc1ccc2oc(-c3cccc4c(Cl)cccc34)nc2c1. The molecule has 0 spiro atoms. The zero-order valence-electron chi connectivity index (χ0n) is 15.0. The topological polar surface area (TPSA) is 67.2 Å². The van der Waals surface area contributed by atoms with E-state index in [-0.39, 0.29) is 11.0 Å². The number of oxazole rings is 1. The predicted molar refractivity (Wildman–Crippen MR) is 117 cm³/mol. The minimum Gasteiger partial charge on any atom is -0.436 e. The second kappa shape index (κ2) is 7.58. The van der Waals surface area contributed by atoms with Gasteiger partial charge in [0.05, 0.1) is 0 Å². The number of nitrogens with zero attached hydrogens (tertiary/aromatic N) is 1. The van der Waals surface area contributed by atoms with Crippen LogP contribution in [0.4, 0.5) is 5.69 Å². The van der Waals surface area contributed by atoms with Crippen molar-refractivity contribution in [2.75, 3.05) is 5.32 Å². The van der Waals surface area contributed by atoms with Crippen LogP contribution in [0, 0.1) is 0 Å². The van der Waals surface area contributed by atoms with Crippen LogP contribution in [0.25, 0.3) is 33.3 Å². The third kappa shape index (κ3) is 3.56. The summed E-state index contributed by atoms with van der Waals surface area (Å²) in [6, 6.07) is 17.1. The van der Waals surface area contributed by atoms with Gasteiger partial charge in [0.1, 0.15) is 5.52 Å². The van der Waals surface area contributed by atoms with Gasteiger partial charge in [-0.05, 0) is 47.9 Å². The van der Waals surface area contributed by atoms with Crippen LogP contribution < -0.4 is 10.6 Å². The fraction of sp³-hybridized carbons (Fsp3) is 0.0952. The van der Waals surface area contributed by atoms with Crippen molar-refractivity contribution in [1.82, 2.24) is 10.3 Å². The van der Waals surface area contributed by atoms with E-state index in [2.05, 4.69) is 15.6 Å². The maximum atomic E-state index is 11.4. The first-order chi connectivity index (χ1) is 13.5. The molecule has 140 valence electrons. The lowest BCUT2D eigenvalue weighted by atomic mass is 10.0. The lowest BCUT2D eigenvalue weighted by Crippen LogP contribution is -2.33. The number of carbonyl (C=O) groups excluding carboxylic acids is 1. The molecule has 0 saturated heterocycles. The summed E-state index contributed by atoms with van der Waals surface area (Å²) in [4.78, 5) is 16.1. The number of fused-ring (bicyclic) bond motifs is 2. The summed E-state index contributed by atoms with van der Waals surface area (Å²) in [6.45, 7) is 1.77. The molecule has 1 aromatic heterocycles. The minimum absolute atomic E-state index is 0.142. The van der Waals surface area contributed by atoms with Gasteiger partial charge in [0.2, 0.25) is 11.8 Å². The van der Waals surface area contributed by atoms with Crippen molar-refractivity contribution in [2.24, 2.45) is 0 Å². The Balaban J connectivity index is 1.69. The van der Waals surface area contributed by atoms with Gasteiger partial charge >= 0.3 is 0 Å². The third-order valence-corrected chi connectivity index (χ3v) is 4.85. The Morgan fingerprint density at radius 3 is 2.75 bits per heavy atom. The molecular formula is C21H16ClN3O2S. The van der Waals surface area contributed by atoms with Crippen molar-refractivity contribution in [2.45, 2.75) is 13.3 Å². The molecule has 0 bridgehead atoms. The third-order valence-electron chi connectivity index (χ3n) is 4.32. The van der Waals surface area contributed by atoms with Crippen LogP contribution in [0.2, 0.25) is 5.02 Å². The number of hydrogen-bond acceptors (Lipinski definition) is 4. The average Bonchev–Trinajstić information content (AvgIpc) is 3.11. The molecule has 5 nitrogen and oxygen atoms in total. The van der Waals surface area contributed by atoms with Gasteiger partial charge in [-0.15, -0.1) is 0 Å². The van der Waals surface area contributed by atoms with Crippen LogP contribution in [0.5, 0.6) is 0 Å². The van der Waals surface area contributed by atoms with Crippen molar-refractivity contribution in [3.8, 4) is 11.5 Å². The lowest BCUT2D eigenvalue weighted by molar-refractivity contribution is -0.119. The van der Waals surface area contributed by atoms with Gasteiger partial charge < -0.3 is 15.1 Å². The van der Waals surface area contributed by atoms with Gasteiger partial charge in [-0.1, -0.05) is 42.8 Å². The molecule has 0 unspecified atom stereocenters. The van der Waals surface area contributed by atoms with E-state index in [4.69, 9.17) is 28.2 Å². The first-order valence-electron chi connectivity index (χ1n) is 8.74. The standard InChI is InChI=1S/C21H16ClN3O2S/c1-2-19(26)25-21(28)23-12-9-10-18-17(11-12)24-20(27-18)15-7-3-6-14-13(15)5-4-8-16(14)22/h3-11H,2H2,1H3,(H2,23,25,26,28). The average molecular weight is 410 g/mol. The molecule has 1 heterocycles. The number of carbonyl (C=O) groups is 1. The molecule has 1 amide bonds. The van der Waals surface area contributed by atoms with E-state index in [0.717, 1.165) is 22.0 Å². The van der Waals surface area contributed by atoms with Crippen molar-refractivity contribution < 1.29 is 9.21 Å². The zero-order chi connectivity index (χ0) is 19.7. The fourth-order valence-corrected chi connectivity index (χ4v) is 3.43. The number of benzene rings is 3. The van der Waals surface area contributed by atoms with Crippen LogP contribution >= 0.6 is 23.8 Å². The Morgan fingerprint density at radius 1 is 1.14 bits per heavy atom. The van der Waals surface area contributed by atoms with E-state index in [1.807, 2.05) is 54.6 Å². The molecule has 0 aliphatic carbocycles. The van der Waals surface area contributed by atoms with Gasteiger partial charge in [0.25, 0.3) is 0 Å². The molecule has 4 aromatic rings. The number of hydrogen-bond donors (Lipinski definition) is 2. The van der Waals surface area contributed by atoms with Crippen molar-refractivity contribution in [1.29, 1.82) is 0 Å².